The summed E-state index contributed by atoms with van der Waals surface area (Å²) in [5.41, 5.74) is 2.39. The average molecular weight is 355 g/mol. The van der Waals surface area contributed by atoms with Gasteiger partial charge < -0.3 is 10.1 Å². The Morgan fingerprint density at radius 1 is 1.12 bits per heavy atom. The Morgan fingerprint density at radius 2 is 1.85 bits per heavy atom. The Morgan fingerprint density at radius 3 is 2.58 bits per heavy atom. The first-order valence-electron chi connectivity index (χ1n) is 8.53. The van der Waals surface area contributed by atoms with Gasteiger partial charge in [-0.25, -0.2) is 0 Å². The molecule has 0 atom stereocenters. The number of carbonyl (C=O) groups excluding carboxylic acids is 1. The van der Waals surface area contributed by atoms with E-state index in [0.717, 1.165) is 44.0 Å². The largest absolute Gasteiger partial charge is 0.379 e. The lowest BCUT2D eigenvalue weighted by molar-refractivity contribution is -0.384. The fourth-order valence-corrected chi connectivity index (χ4v) is 2.92. The summed E-state index contributed by atoms with van der Waals surface area (Å²) < 4.78 is 5.38. The molecule has 1 aliphatic rings. The van der Waals surface area contributed by atoms with Gasteiger partial charge in [-0.05, 0) is 17.2 Å². The number of morpholine rings is 1. The molecule has 1 amide bonds. The van der Waals surface area contributed by atoms with E-state index in [1.54, 1.807) is 6.07 Å². The number of hydrogen-bond acceptors (Lipinski definition) is 5. The molecule has 0 aromatic heterocycles. The molecule has 136 valence electrons. The second kappa shape index (κ2) is 8.55. The normalized spacial score (nSPS) is 14.8. The number of carbonyl (C=O) groups is 1. The van der Waals surface area contributed by atoms with E-state index in [1.807, 2.05) is 18.2 Å². The number of nitro benzene ring substituents is 1. The lowest BCUT2D eigenvalue weighted by Gasteiger charge is -2.27. The van der Waals surface area contributed by atoms with Gasteiger partial charge in [0.15, 0.2) is 0 Å². The monoisotopic (exact) mass is 355 g/mol. The summed E-state index contributed by atoms with van der Waals surface area (Å²) in [5, 5.41) is 13.7. The van der Waals surface area contributed by atoms with Crippen molar-refractivity contribution in [2.24, 2.45) is 0 Å². The van der Waals surface area contributed by atoms with Crippen molar-refractivity contribution in [3.05, 3.63) is 75.3 Å². The van der Waals surface area contributed by atoms with Crippen LogP contribution in [-0.4, -0.2) is 42.0 Å². The molecule has 0 aliphatic carbocycles. The van der Waals surface area contributed by atoms with Crippen molar-refractivity contribution in [3.8, 4) is 0 Å². The van der Waals surface area contributed by atoms with Crippen LogP contribution in [0, 0.1) is 10.1 Å². The molecule has 0 bridgehead atoms. The van der Waals surface area contributed by atoms with Gasteiger partial charge in [-0.15, -0.1) is 0 Å². The summed E-state index contributed by atoms with van der Waals surface area (Å²) in [4.78, 5) is 25.0. The van der Waals surface area contributed by atoms with Crippen LogP contribution in [0.4, 0.5) is 5.69 Å². The predicted octanol–water partition coefficient (Wildman–Crippen LogP) is 2.36. The van der Waals surface area contributed by atoms with Gasteiger partial charge >= 0.3 is 0 Å². The van der Waals surface area contributed by atoms with Crippen LogP contribution in [0.5, 0.6) is 0 Å². The molecule has 1 fully saturated rings. The number of hydrogen-bond donors (Lipinski definition) is 1. The predicted molar refractivity (Wildman–Crippen MR) is 96.8 cm³/mol. The molecule has 1 saturated heterocycles. The SMILES string of the molecule is O=C(NCc1ccccc1CN1CCOCC1)c1cccc([N+](=O)[O-])c1. The molecule has 1 heterocycles. The quantitative estimate of drug-likeness (QED) is 0.635. The second-order valence-electron chi connectivity index (χ2n) is 6.15. The molecule has 2 aromatic rings. The second-order valence-corrected chi connectivity index (χ2v) is 6.15. The maximum absolute atomic E-state index is 12.3. The molecule has 7 nitrogen and oxygen atoms in total. The number of amides is 1. The lowest BCUT2D eigenvalue weighted by Crippen LogP contribution is -2.36. The van der Waals surface area contributed by atoms with Gasteiger partial charge in [0, 0.05) is 43.9 Å². The number of nitrogens with one attached hydrogen (secondary N) is 1. The highest BCUT2D eigenvalue weighted by Gasteiger charge is 2.14. The maximum Gasteiger partial charge on any atom is 0.270 e. The van der Waals surface area contributed by atoms with Crippen LogP contribution in [-0.2, 0) is 17.8 Å². The molecule has 1 N–H and O–H groups in total. The molecule has 0 radical (unpaired) electrons. The van der Waals surface area contributed by atoms with E-state index in [0.29, 0.717) is 6.54 Å². The molecule has 0 saturated carbocycles. The van der Waals surface area contributed by atoms with Crippen molar-refractivity contribution in [1.29, 1.82) is 0 Å². The van der Waals surface area contributed by atoms with Gasteiger partial charge in [0.05, 0.1) is 18.1 Å². The lowest BCUT2D eigenvalue weighted by atomic mass is 10.1. The number of nitrogens with zero attached hydrogens (tertiary/aromatic N) is 2. The van der Waals surface area contributed by atoms with Crippen LogP contribution >= 0.6 is 0 Å². The Kier molecular flexibility index (Phi) is 5.93. The maximum atomic E-state index is 12.3. The minimum Gasteiger partial charge on any atom is -0.379 e. The van der Waals surface area contributed by atoms with Gasteiger partial charge in [-0.1, -0.05) is 30.3 Å². The minimum absolute atomic E-state index is 0.0923. The molecule has 0 spiro atoms. The summed E-state index contributed by atoms with van der Waals surface area (Å²) in [6.07, 6.45) is 0. The number of nitro groups is 1. The third-order valence-electron chi connectivity index (χ3n) is 4.37. The zero-order chi connectivity index (χ0) is 18.4. The highest BCUT2D eigenvalue weighted by atomic mass is 16.6. The summed E-state index contributed by atoms with van der Waals surface area (Å²) in [6, 6.07) is 13.7. The molecular weight excluding hydrogens is 334 g/mol. The van der Waals surface area contributed by atoms with Crippen molar-refractivity contribution >= 4 is 11.6 Å². The average Bonchev–Trinajstić information content (AvgIpc) is 2.68. The van der Waals surface area contributed by atoms with Gasteiger partial charge in [0.25, 0.3) is 11.6 Å². The molecule has 26 heavy (non-hydrogen) atoms. The van der Waals surface area contributed by atoms with Crippen LogP contribution in [0.1, 0.15) is 21.5 Å². The van der Waals surface area contributed by atoms with Crippen LogP contribution in [0.2, 0.25) is 0 Å². The summed E-state index contributed by atoms with van der Waals surface area (Å²) in [6.45, 7) is 4.47. The van der Waals surface area contributed by atoms with Crippen molar-refractivity contribution in [3.63, 3.8) is 0 Å². The highest BCUT2D eigenvalue weighted by molar-refractivity contribution is 5.94. The van der Waals surface area contributed by atoms with E-state index >= 15 is 0 Å². The Bertz CT molecular complexity index is 788. The molecule has 3 rings (SSSR count). The first kappa shape index (κ1) is 18.0. The zero-order valence-corrected chi connectivity index (χ0v) is 14.4. The van der Waals surface area contributed by atoms with E-state index in [4.69, 9.17) is 4.74 Å². The van der Waals surface area contributed by atoms with Crippen LogP contribution in [0.15, 0.2) is 48.5 Å². The zero-order valence-electron chi connectivity index (χ0n) is 14.4. The first-order chi connectivity index (χ1) is 12.6. The Balaban J connectivity index is 1.65. The van der Waals surface area contributed by atoms with Crippen LogP contribution in [0.3, 0.4) is 0 Å². The molecule has 1 aliphatic heterocycles. The summed E-state index contributed by atoms with van der Waals surface area (Å²) in [5.74, 6) is -0.324. The number of rotatable bonds is 6. The third kappa shape index (κ3) is 4.65. The van der Waals surface area contributed by atoms with Crippen molar-refractivity contribution < 1.29 is 14.5 Å². The van der Waals surface area contributed by atoms with E-state index in [2.05, 4.69) is 16.3 Å². The fraction of sp³-hybridized carbons (Fsp3) is 0.316. The topological polar surface area (TPSA) is 84.7 Å². The van der Waals surface area contributed by atoms with Gasteiger partial charge in [0.1, 0.15) is 0 Å². The molecule has 7 heteroatoms. The first-order valence-corrected chi connectivity index (χ1v) is 8.53. The Hall–Kier alpha value is -2.77. The van der Waals surface area contributed by atoms with E-state index < -0.39 is 4.92 Å². The van der Waals surface area contributed by atoms with E-state index in [-0.39, 0.29) is 17.2 Å². The molecule has 2 aromatic carbocycles. The highest BCUT2D eigenvalue weighted by Crippen LogP contribution is 2.15. The van der Waals surface area contributed by atoms with Crippen molar-refractivity contribution in [1.82, 2.24) is 10.2 Å². The van der Waals surface area contributed by atoms with Gasteiger partial charge in [-0.3, -0.25) is 19.8 Å². The van der Waals surface area contributed by atoms with Crippen molar-refractivity contribution in [2.75, 3.05) is 26.3 Å². The number of benzene rings is 2. The molecular formula is C19H21N3O4. The standard InChI is InChI=1S/C19H21N3O4/c23-19(15-6-3-7-18(12-15)22(24)25)20-13-16-4-1-2-5-17(16)14-21-8-10-26-11-9-21/h1-7,12H,8-11,13-14H2,(H,20,23). The van der Waals surface area contributed by atoms with E-state index in [9.17, 15) is 14.9 Å². The number of non-ortho nitro benzene ring substituents is 1. The van der Waals surface area contributed by atoms with Crippen LogP contribution in [0.25, 0.3) is 0 Å². The van der Waals surface area contributed by atoms with Crippen LogP contribution < -0.4 is 5.32 Å². The molecule has 0 unspecified atom stereocenters. The van der Waals surface area contributed by atoms with Gasteiger partial charge in [0.2, 0.25) is 0 Å². The number of ether oxygens (including phenoxy) is 1. The summed E-state index contributed by atoms with van der Waals surface area (Å²) in [7, 11) is 0. The smallest absolute Gasteiger partial charge is 0.270 e. The van der Waals surface area contributed by atoms with Gasteiger partial charge in [-0.2, -0.15) is 0 Å². The van der Waals surface area contributed by atoms with Crippen molar-refractivity contribution in [2.45, 2.75) is 13.1 Å². The fourth-order valence-electron chi connectivity index (χ4n) is 2.92. The van der Waals surface area contributed by atoms with E-state index in [1.165, 1.54) is 18.2 Å². The summed E-state index contributed by atoms with van der Waals surface area (Å²) >= 11 is 0. The Labute approximate surface area is 151 Å². The minimum atomic E-state index is -0.506. The third-order valence-corrected chi connectivity index (χ3v) is 4.37.